The molecule has 1 atom stereocenters. The van der Waals surface area contributed by atoms with E-state index in [4.69, 9.17) is 0 Å². The minimum atomic E-state index is -4.54. The van der Waals surface area contributed by atoms with Gasteiger partial charge in [-0.2, -0.15) is 18.3 Å². The first-order valence-corrected chi connectivity index (χ1v) is 15.3. The summed E-state index contributed by atoms with van der Waals surface area (Å²) in [7, 11) is 2.04. The van der Waals surface area contributed by atoms with Crippen LogP contribution in [0.5, 0.6) is 0 Å². The van der Waals surface area contributed by atoms with Gasteiger partial charge in [0.25, 0.3) is 5.91 Å². The van der Waals surface area contributed by atoms with Gasteiger partial charge in [0.2, 0.25) is 5.91 Å². The van der Waals surface area contributed by atoms with Gasteiger partial charge in [-0.25, -0.2) is 0 Å². The van der Waals surface area contributed by atoms with Crippen LogP contribution in [-0.2, 0) is 11.0 Å². The van der Waals surface area contributed by atoms with Gasteiger partial charge in [0, 0.05) is 30.6 Å². The first kappa shape index (κ1) is 29.6. The zero-order chi connectivity index (χ0) is 29.0. The first-order chi connectivity index (χ1) is 19.7. The largest absolute Gasteiger partial charge is 0.417 e. The lowest BCUT2D eigenvalue weighted by atomic mass is 9.92. The molecule has 3 fully saturated rings. The summed E-state index contributed by atoms with van der Waals surface area (Å²) in [5, 5.41) is 10.7. The van der Waals surface area contributed by atoms with Crippen LogP contribution in [-0.4, -0.2) is 58.2 Å². The summed E-state index contributed by atoms with van der Waals surface area (Å²) in [4.78, 5) is 28.7. The number of rotatable bonds is 10. The summed E-state index contributed by atoms with van der Waals surface area (Å²) in [6.07, 6.45) is 8.01. The van der Waals surface area contributed by atoms with E-state index in [9.17, 15) is 22.8 Å². The molecule has 7 nitrogen and oxygen atoms in total. The quantitative estimate of drug-likeness (QED) is 0.360. The van der Waals surface area contributed by atoms with E-state index in [1.54, 1.807) is 10.7 Å². The maximum Gasteiger partial charge on any atom is 0.417 e. The Hall–Kier alpha value is -2.88. The number of amides is 2. The number of hydrogen-bond donors (Lipinski definition) is 2. The minimum absolute atomic E-state index is 0.0203. The van der Waals surface area contributed by atoms with E-state index >= 15 is 0 Å². The summed E-state index contributed by atoms with van der Waals surface area (Å²) >= 11 is 0. The Kier molecular flexibility index (Phi) is 9.36. The highest BCUT2D eigenvalue weighted by molar-refractivity contribution is 5.94. The van der Waals surface area contributed by atoms with Gasteiger partial charge in [-0.1, -0.05) is 50.3 Å². The maximum atomic E-state index is 13.9. The lowest BCUT2D eigenvalue weighted by Crippen LogP contribution is -2.49. The third-order valence-electron chi connectivity index (χ3n) is 9.09. The van der Waals surface area contributed by atoms with E-state index in [0.717, 1.165) is 63.9 Å². The Bertz CT molecular complexity index is 1200. The number of benzene rings is 1. The molecule has 0 spiro atoms. The van der Waals surface area contributed by atoms with Crippen molar-refractivity contribution in [2.24, 2.45) is 0 Å². The summed E-state index contributed by atoms with van der Waals surface area (Å²) in [5.41, 5.74) is -0.347. The van der Waals surface area contributed by atoms with Crippen LogP contribution in [0, 0.1) is 0 Å². The van der Waals surface area contributed by atoms with Crippen LogP contribution >= 0.6 is 0 Å². The maximum absolute atomic E-state index is 13.9. The number of nitrogens with zero attached hydrogens (tertiary/aromatic N) is 3. The van der Waals surface area contributed by atoms with Crippen molar-refractivity contribution >= 4 is 11.8 Å². The molecule has 0 bridgehead atoms. The van der Waals surface area contributed by atoms with E-state index in [-0.39, 0.29) is 35.7 Å². The fourth-order valence-corrected chi connectivity index (χ4v) is 6.59. The first-order valence-electron chi connectivity index (χ1n) is 15.3. The van der Waals surface area contributed by atoms with Gasteiger partial charge in [0.15, 0.2) is 5.69 Å². The van der Waals surface area contributed by atoms with Crippen molar-refractivity contribution in [1.29, 1.82) is 0 Å². The number of carbonyl (C=O) groups excluding carboxylic acids is 2. The van der Waals surface area contributed by atoms with Crippen molar-refractivity contribution < 1.29 is 22.8 Å². The van der Waals surface area contributed by atoms with Gasteiger partial charge in [-0.3, -0.25) is 14.3 Å². The summed E-state index contributed by atoms with van der Waals surface area (Å²) in [5.74, 6) is -0.556. The Morgan fingerprint density at radius 1 is 1.00 bits per heavy atom. The molecule has 10 heteroatoms. The number of hydrogen-bond acceptors (Lipinski definition) is 4. The molecule has 1 aromatic carbocycles. The molecule has 5 rings (SSSR count). The second kappa shape index (κ2) is 13.0. The average Bonchev–Trinajstić information content (AvgIpc) is 3.61. The lowest BCUT2D eigenvalue weighted by molar-refractivity contribution is -0.137. The molecule has 1 heterocycles. The Morgan fingerprint density at radius 3 is 2.34 bits per heavy atom. The monoisotopic (exact) mass is 573 g/mol. The van der Waals surface area contributed by atoms with Crippen LogP contribution < -0.4 is 10.6 Å². The molecule has 3 aliphatic carbocycles. The third kappa shape index (κ3) is 7.31. The normalized spacial score (nSPS) is 19.7. The Balaban J connectivity index is 1.39. The smallest absolute Gasteiger partial charge is 0.353 e. The van der Waals surface area contributed by atoms with E-state index in [1.807, 2.05) is 7.05 Å². The highest BCUT2D eigenvalue weighted by Gasteiger charge is 2.36. The van der Waals surface area contributed by atoms with Crippen molar-refractivity contribution in [3.8, 4) is 11.3 Å². The van der Waals surface area contributed by atoms with Crippen molar-refractivity contribution in [2.45, 2.75) is 114 Å². The zero-order valence-corrected chi connectivity index (χ0v) is 23.9. The van der Waals surface area contributed by atoms with Gasteiger partial charge in [-0.05, 0) is 64.1 Å². The number of nitrogens with one attached hydrogen (secondary N) is 2. The molecule has 0 aliphatic heterocycles. The van der Waals surface area contributed by atoms with E-state index < -0.39 is 23.7 Å². The Labute approximate surface area is 240 Å². The van der Waals surface area contributed by atoms with Crippen molar-refractivity contribution in [2.75, 3.05) is 13.6 Å². The second-order valence-electron chi connectivity index (χ2n) is 12.1. The Morgan fingerprint density at radius 2 is 1.68 bits per heavy atom. The molecule has 2 aromatic rings. The highest BCUT2D eigenvalue weighted by atomic mass is 19.4. The van der Waals surface area contributed by atoms with Gasteiger partial charge >= 0.3 is 6.18 Å². The van der Waals surface area contributed by atoms with Gasteiger partial charge in [-0.15, -0.1) is 0 Å². The summed E-state index contributed by atoms with van der Waals surface area (Å²) in [6, 6.07) is 7.05. The molecule has 0 saturated heterocycles. The average molecular weight is 574 g/mol. The second-order valence-corrected chi connectivity index (χ2v) is 12.1. The molecule has 2 N–H and O–H groups in total. The number of carbonyl (C=O) groups is 2. The van der Waals surface area contributed by atoms with Gasteiger partial charge in [0.1, 0.15) is 0 Å². The highest BCUT2D eigenvalue weighted by Crippen LogP contribution is 2.40. The molecule has 41 heavy (non-hydrogen) atoms. The zero-order valence-electron chi connectivity index (χ0n) is 23.9. The predicted octanol–water partition coefficient (Wildman–Crippen LogP) is 6.11. The number of halogens is 3. The van der Waals surface area contributed by atoms with Crippen LogP contribution in [0.25, 0.3) is 11.3 Å². The van der Waals surface area contributed by atoms with Crippen LogP contribution in [0.3, 0.4) is 0 Å². The van der Waals surface area contributed by atoms with Crippen molar-refractivity contribution in [3.05, 3.63) is 41.6 Å². The molecule has 0 unspecified atom stereocenters. The minimum Gasteiger partial charge on any atom is -0.353 e. The van der Waals surface area contributed by atoms with E-state index in [1.165, 1.54) is 37.5 Å². The molecule has 2 amide bonds. The number of likely N-dealkylation sites (N-methyl/N-ethyl adjacent to an activating group) is 1. The van der Waals surface area contributed by atoms with Crippen LogP contribution in [0.4, 0.5) is 13.2 Å². The molecule has 3 aliphatic rings. The topological polar surface area (TPSA) is 79.3 Å². The molecular formula is C31H42F3N5O2. The van der Waals surface area contributed by atoms with E-state index in [0.29, 0.717) is 18.3 Å². The third-order valence-corrected chi connectivity index (χ3v) is 9.09. The van der Waals surface area contributed by atoms with Crippen molar-refractivity contribution in [3.63, 3.8) is 0 Å². The molecule has 224 valence electrons. The molecular weight excluding hydrogens is 531 g/mol. The lowest BCUT2D eigenvalue weighted by Gasteiger charge is -2.34. The molecule has 0 radical (unpaired) electrons. The van der Waals surface area contributed by atoms with Crippen molar-refractivity contribution in [1.82, 2.24) is 25.3 Å². The summed E-state index contributed by atoms with van der Waals surface area (Å²) < 4.78 is 43.5. The molecule has 3 saturated carbocycles. The fraction of sp³-hybridized carbons (Fsp3) is 0.645. The number of alkyl halides is 3. The van der Waals surface area contributed by atoms with E-state index in [2.05, 4.69) is 20.6 Å². The van der Waals surface area contributed by atoms with Gasteiger partial charge in [0.05, 0.1) is 23.3 Å². The standard InChI is InChI=1S/C31H42F3N5O2/c1-38(23-12-3-2-4-13-23)20-22(18-29(40)35-21-10-9-11-21)36-30(41)27-19-28(39(37-27)24-14-5-6-15-24)25-16-7-8-17-26(25)31(32,33)34/h7-8,16-17,19,21-24H,2-6,9-15,18,20H2,1H3,(H,35,40)(H,36,41)/t22-/m1/s1. The predicted molar refractivity (Wildman–Crippen MR) is 151 cm³/mol. The van der Waals surface area contributed by atoms with Gasteiger partial charge < -0.3 is 15.5 Å². The fourth-order valence-electron chi connectivity index (χ4n) is 6.59. The van der Waals surface area contributed by atoms with Crippen LogP contribution in [0.15, 0.2) is 30.3 Å². The SMILES string of the molecule is CN(C[C@@H](CC(=O)NC1CCC1)NC(=O)c1cc(-c2ccccc2C(F)(F)F)n(C2CCCC2)n1)C1CCCCC1. The van der Waals surface area contributed by atoms with Crippen LogP contribution in [0.1, 0.15) is 106 Å². The summed E-state index contributed by atoms with van der Waals surface area (Å²) in [6.45, 7) is 0.515. The van der Waals surface area contributed by atoms with Crippen LogP contribution in [0.2, 0.25) is 0 Å². The number of aromatic nitrogens is 2. The molecule has 1 aromatic heterocycles.